The highest BCUT2D eigenvalue weighted by Gasteiger charge is 2.09. The molecule has 2 aromatic rings. The zero-order chi connectivity index (χ0) is 12.3. The summed E-state index contributed by atoms with van der Waals surface area (Å²) in [6, 6.07) is 9.20. The molecule has 0 fully saturated rings. The largest absolute Gasteiger partial charge is 0.461 e. The highest BCUT2D eigenvalue weighted by molar-refractivity contribution is 6.30. The van der Waals surface area contributed by atoms with Crippen molar-refractivity contribution in [3.05, 3.63) is 47.2 Å². The molecule has 0 bridgehead atoms. The molecule has 4 heteroatoms. The lowest BCUT2D eigenvalue weighted by Crippen LogP contribution is -2.04. The third kappa shape index (κ3) is 2.68. The molecule has 0 spiro atoms. The number of esters is 1. The van der Waals surface area contributed by atoms with Crippen molar-refractivity contribution in [2.24, 2.45) is 0 Å². The van der Waals surface area contributed by atoms with Crippen LogP contribution in [0, 0.1) is 0 Å². The molecule has 88 valence electrons. The van der Waals surface area contributed by atoms with E-state index < -0.39 is 0 Å². The van der Waals surface area contributed by atoms with Gasteiger partial charge in [0.2, 0.25) is 0 Å². The number of hydrogen-bond donors (Lipinski definition) is 1. The number of H-pyrrole nitrogens is 1. The Morgan fingerprint density at radius 2 is 2.00 bits per heavy atom. The van der Waals surface area contributed by atoms with Crippen molar-refractivity contribution in [3.63, 3.8) is 0 Å². The Kier molecular flexibility index (Phi) is 3.49. The number of ether oxygens (including phenoxy) is 1. The minimum Gasteiger partial charge on any atom is -0.461 e. The zero-order valence-electron chi connectivity index (χ0n) is 9.37. The molecular weight excluding hydrogens is 238 g/mol. The van der Waals surface area contributed by atoms with Crippen LogP contribution >= 0.6 is 11.6 Å². The lowest BCUT2D eigenvalue weighted by molar-refractivity contribution is 0.0520. The van der Waals surface area contributed by atoms with E-state index in [9.17, 15) is 4.79 Å². The fourth-order valence-electron chi connectivity index (χ4n) is 1.53. The lowest BCUT2D eigenvalue weighted by Gasteiger charge is -1.98. The second kappa shape index (κ2) is 5.06. The number of rotatable bonds is 3. The fraction of sp³-hybridized carbons (Fsp3) is 0.154. The summed E-state index contributed by atoms with van der Waals surface area (Å²) in [6.45, 7) is 2.15. The number of aromatic nitrogens is 1. The van der Waals surface area contributed by atoms with E-state index in [4.69, 9.17) is 16.3 Å². The molecule has 2 rings (SSSR count). The number of benzene rings is 1. The maximum absolute atomic E-state index is 11.5. The molecule has 1 heterocycles. The summed E-state index contributed by atoms with van der Waals surface area (Å²) in [6.07, 6.45) is 1.77. The van der Waals surface area contributed by atoms with Crippen LogP contribution < -0.4 is 0 Å². The van der Waals surface area contributed by atoms with Crippen molar-refractivity contribution in [2.75, 3.05) is 6.61 Å². The highest BCUT2D eigenvalue weighted by Crippen LogP contribution is 2.22. The van der Waals surface area contributed by atoms with Crippen LogP contribution in [0.1, 0.15) is 17.4 Å². The van der Waals surface area contributed by atoms with Crippen LogP contribution in [0.25, 0.3) is 11.1 Å². The van der Waals surface area contributed by atoms with E-state index in [1.807, 2.05) is 24.3 Å². The molecule has 1 N–H and O–H groups in total. The predicted octanol–water partition coefficient (Wildman–Crippen LogP) is 3.51. The Hall–Kier alpha value is -1.74. The van der Waals surface area contributed by atoms with E-state index in [1.165, 1.54) is 0 Å². The van der Waals surface area contributed by atoms with Gasteiger partial charge < -0.3 is 9.72 Å². The molecule has 1 aromatic carbocycles. The van der Waals surface area contributed by atoms with Crippen molar-refractivity contribution < 1.29 is 9.53 Å². The van der Waals surface area contributed by atoms with Gasteiger partial charge in [-0.15, -0.1) is 0 Å². The monoisotopic (exact) mass is 249 g/mol. The molecule has 1 aromatic heterocycles. The van der Waals surface area contributed by atoms with Gasteiger partial charge in [0.15, 0.2) is 0 Å². The van der Waals surface area contributed by atoms with E-state index in [-0.39, 0.29) is 5.97 Å². The van der Waals surface area contributed by atoms with Gasteiger partial charge in [0.05, 0.1) is 6.61 Å². The molecule has 0 aliphatic rings. The SMILES string of the molecule is CCOC(=O)c1cc(-c2ccc(Cl)cc2)c[nH]1. The fourth-order valence-corrected chi connectivity index (χ4v) is 1.66. The van der Waals surface area contributed by atoms with E-state index in [1.54, 1.807) is 19.2 Å². The molecule has 0 saturated carbocycles. The van der Waals surface area contributed by atoms with Gasteiger partial charge in [0.25, 0.3) is 0 Å². The number of hydrogen-bond acceptors (Lipinski definition) is 2. The Morgan fingerprint density at radius 3 is 2.65 bits per heavy atom. The lowest BCUT2D eigenvalue weighted by atomic mass is 10.1. The molecule has 0 radical (unpaired) electrons. The molecule has 0 unspecified atom stereocenters. The Balaban J connectivity index is 2.23. The number of carbonyl (C=O) groups is 1. The molecule has 17 heavy (non-hydrogen) atoms. The van der Waals surface area contributed by atoms with Gasteiger partial charge in [0.1, 0.15) is 5.69 Å². The first-order valence-corrected chi connectivity index (χ1v) is 5.70. The third-order valence-electron chi connectivity index (χ3n) is 2.36. The number of halogens is 1. The third-order valence-corrected chi connectivity index (χ3v) is 2.61. The molecule has 0 aliphatic heterocycles. The van der Waals surface area contributed by atoms with Gasteiger partial charge in [-0.1, -0.05) is 23.7 Å². The van der Waals surface area contributed by atoms with Crippen molar-refractivity contribution in [2.45, 2.75) is 6.92 Å². The van der Waals surface area contributed by atoms with Gasteiger partial charge in [-0.05, 0) is 36.2 Å². The topological polar surface area (TPSA) is 42.1 Å². The van der Waals surface area contributed by atoms with E-state index >= 15 is 0 Å². The van der Waals surface area contributed by atoms with Gasteiger partial charge in [-0.2, -0.15) is 0 Å². The van der Waals surface area contributed by atoms with Crippen LogP contribution in [0.15, 0.2) is 36.5 Å². The molecule has 0 amide bonds. The summed E-state index contributed by atoms with van der Waals surface area (Å²) in [5.74, 6) is -0.340. The number of nitrogens with one attached hydrogen (secondary N) is 1. The quantitative estimate of drug-likeness (QED) is 0.846. The van der Waals surface area contributed by atoms with Gasteiger partial charge in [0, 0.05) is 11.2 Å². The smallest absolute Gasteiger partial charge is 0.354 e. The van der Waals surface area contributed by atoms with Crippen LogP contribution in [0.2, 0.25) is 5.02 Å². The summed E-state index contributed by atoms with van der Waals surface area (Å²) < 4.78 is 4.90. The van der Waals surface area contributed by atoms with Crippen LogP contribution in [-0.4, -0.2) is 17.6 Å². The average Bonchev–Trinajstić information content (AvgIpc) is 2.80. The van der Waals surface area contributed by atoms with Gasteiger partial charge in [-0.3, -0.25) is 0 Å². The van der Waals surface area contributed by atoms with Crippen molar-refractivity contribution in [3.8, 4) is 11.1 Å². The van der Waals surface area contributed by atoms with Gasteiger partial charge >= 0.3 is 5.97 Å². The average molecular weight is 250 g/mol. The van der Waals surface area contributed by atoms with Crippen LogP contribution in [0.3, 0.4) is 0 Å². The second-order valence-corrected chi connectivity index (χ2v) is 3.97. The first-order valence-electron chi connectivity index (χ1n) is 5.32. The second-order valence-electron chi connectivity index (χ2n) is 3.53. The molecule has 3 nitrogen and oxygen atoms in total. The maximum Gasteiger partial charge on any atom is 0.354 e. The van der Waals surface area contributed by atoms with E-state index in [0.29, 0.717) is 17.3 Å². The Bertz CT molecular complexity index is 516. The van der Waals surface area contributed by atoms with Crippen molar-refractivity contribution in [1.29, 1.82) is 0 Å². The van der Waals surface area contributed by atoms with Crippen LogP contribution in [0.5, 0.6) is 0 Å². The van der Waals surface area contributed by atoms with Gasteiger partial charge in [-0.25, -0.2) is 4.79 Å². The molecule has 0 saturated heterocycles. The molecule has 0 aliphatic carbocycles. The Labute approximate surface area is 104 Å². The summed E-state index contributed by atoms with van der Waals surface area (Å²) in [4.78, 5) is 14.4. The normalized spacial score (nSPS) is 10.2. The molecule has 0 atom stereocenters. The number of aromatic amines is 1. The minimum atomic E-state index is -0.340. The first-order chi connectivity index (χ1) is 8.20. The van der Waals surface area contributed by atoms with Crippen molar-refractivity contribution >= 4 is 17.6 Å². The zero-order valence-corrected chi connectivity index (χ0v) is 10.1. The number of carbonyl (C=O) groups excluding carboxylic acids is 1. The van der Waals surface area contributed by atoms with Crippen molar-refractivity contribution in [1.82, 2.24) is 4.98 Å². The summed E-state index contributed by atoms with van der Waals surface area (Å²) in [5.41, 5.74) is 2.39. The van der Waals surface area contributed by atoms with E-state index in [2.05, 4.69) is 4.98 Å². The summed E-state index contributed by atoms with van der Waals surface area (Å²) in [5, 5.41) is 0.690. The van der Waals surface area contributed by atoms with E-state index in [0.717, 1.165) is 11.1 Å². The summed E-state index contributed by atoms with van der Waals surface area (Å²) >= 11 is 5.81. The Morgan fingerprint density at radius 1 is 1.29 bits per heavy atom. The molecular formula is C13H12ClNO2. The first kappa shape index (κ1) is 11.7. The van der Waals surface area contributed by atoms with Crippen LogP contribution in [0.4, 0.5) is 0 Å². The van der Waals surface area contributed by atoms with Crippen LogP contribution in [-0.2, 0) is 4.74 Å². The maximum atomic E-state index is 11.5. The minimum absolute atomic E-state index is 0.340. The predicted molar refractivity (Wildman–Crippen MR) is 67.2 cm³/mol. The summed E-state index contributed by atoms with van der Waals surface area (Å²) in [7, 11) is 0. The highest BCUT2D eigenvalue weighted by atomic mass is 35.5. The standard InChI is InChI=1S/C13H12ClNO2/c1-2-17-13(16)12-7-10(8-15-12)9-3-5-11(14)6-4-9/h3-8,15H,2H2,1H3.